The molecule has 1 saturated heterocycles. The summed E-state index contributed by atoms with van der Waals surface area (Å²) in [5.74, 6) is 0. The summed E-state index contributed by atoms with van der Waals surface area (Å²) in [6.07, 6.45) is 0.952. The van der Waals surface area contributed by atoms with Crippen LogP contribution in [-0.2, 0) is 13.6 Å². The minimum absolute atomic E-state index is 0.104. The minimum atomic E-state index is -1.78. The van der Waals surface area contributed by atoms with Gasteiger partial charge in [0.1, 0.15) is 0 Å². The van der Waals surface area contributed by atoms with E-state index in [4.69, 9.17) is 4.52 Å². The van der Waals surface area contributed by atoms with Crippen molar-refractivity contribution in [3.05, 3.63) is 0 Å². The van der Waals surface area contributed by atoms with E-state index in [2.05, 4.69) is 4.52 Å². The molecule has 1 fully saturated rings. The third-order valence-electron chi connectivity index (χ3n) is 0.987. The number of hydrogen-bond acceptors (Lipinski definition) is 3. The first-order chi connectivity index (χ1) is 3.79. The molecular weight excluding hydrogens is 127 g/mol. The van der Waals surface area contributed by atoms with Crippen LogP contribution in [0.25, 0.3) is 0 Å². The Hall–Kier alpha value is 0.0200. The smallest absolute Gasteiger partial charge is 0.283 e. The Morgan fingerprint density at radius 2 is 2.50 bits per heavy atom. The molecule has 2 unspecified atom stereocenters. The summed E-state index contributed by atoms with van der Waals surface area (Å²) in [4.78, 5) is 0. The van der Waals surface area contributed by atoms with Gasteiger partial charge in [-0.25, -0.2) is 4.57 Å². The molecule has 4 heteroatoms. The Labute approximate surface area is 48.9 Å². The molecule has 1 aliphatic rings. The van der Waals surface area contributed by atoms with Gasteiger partial charge in [0.05, 0.1) is 12.7 Å². The first-order valence-corrected chi connectivity index (χ1v) is 3.65. The molecule has 2 atom stereocenters. The van der Waals surface area contributed by atoms with Crippen molar-refractivity contribution in [2.24, 2.45) is 0 Å². The second-order valence-electron chi connectivity index (χ2n) is 1.76. The molecule has 0 bridgehead atoms. The van der Waals surface area contributed by atoms with Gasteiger partial charge in [0.15, 0.2) is 0 Å². The van der Waals surface area contributed by atoms with Crippen molar-refractivity contribution in [2.75, 3.05) is 6.61 Å². The van der Waals surface area contributed by atoms with Gasteiger partial charge in [0.2, 0.25) is 0 Å². The van der Waals surface area contributed by atoms with E-state index in [0.717, 1.165) is 6.42 Å². The molecule has 8 heavy (non-hydrogen) atoms. The maximum atomic E-state index is 10.4. The van der Waals surface area contributed by atoms with Crippen LogP contribution in [0.4, 0.5) is 0 Å². The molecule has 0 saturated carbocycles. The van der Waals surface area contributed by atoms with Crippen molar-refractivity contribution in [3.8, 4) is 0 Å². The number of hydrogen-bond donors (Lipinski definition) is 0. The normalized spacial score (nSPS) is 35.1. The van der Waals surface area contributed by atoms with Gasteiger partial charge in [0, 0.05) is 0 Å². The average Bonchev–Trinajstić information content (AvgIpc) is 1.64. The Bertz CT molecular complexity index is 103. The molecule has 0 N–H and O–H groups in total. The summed E-state index contributed by atoms with van der Waals surface area (Å²) >= 11 is 0. The molecule has 0 aromatic carbocycles. The zero-order chi connectivity index (χ0) is 5.98. The zero-order valence-electron chi connectivity index (χ0n) is 4.66. The summed E-state index contributed by atoms with van der Waals surface area (Å²) in [7, 11) is -1.78. The third-order valence-corrected chi connectivity index (χ3v) is 1.91. The van der Waals surface area contributed by atoms with E-state index in [-0.39, 0.29) is 6.10 Å². The predicted octanol–water partition coefficient (Wildman–Crippen LogP) is 1.47. The quantitative estimate of drug-likeness (QED) is 0.472. The van der Waals surface area contributed by atoms with Crippen LogP contribution in [0.5, 0.6) is 0 Å². The van der Waals surface area contributed by atoms with Crippen molar-refractivity contribution < 1.29 is 13.6 Å². The summed E-state index contributed by atoms with van der Waals surface area (Å²) in [5, 5.41) is 0. The van der Waals surface area contributed by atoms with E-state index < -0.39 is 8.25 Å². The lowest BCUT2D eigenvalue weighted by Gasteiger charge is -2.15. The highest BCUT2D eigenvalue weighted by Crippen LogP contribution is 2.31. The monoisotopic (exact) mass is 135 g/mol. The minimum Gasteiger partial charge on any atom is -0.283 e. The van der Waals surface area contributed by atoms with Gasteiger partial charge < -0.3 is 0 Å². The SMILES string of the molecule is CC1CCO[P](=O)O1. The topological polar surface area (TPSA) is 35.5 Å². The molecule has 0 aromatic heterocycles. The molecule has 47 valence electrons. The molecular formula is C4H8O3P. The summed E-state index contributed by atoms with van der Waals surface area (Å²) in [6, 6.07) is 0. The van der Waals surface area contributed by atoms with Crippen LogP contribution in [0.3, 0.4) is 0 Å². The molecule has 3 nitrogen and oxygen atoms in total. The summed E-state index contributed by atoms with van der Waals surface area (Å²) < 4.78 is 19.8. The van der Waals surface area contributed by atoms with E-state index in [1.807, 2.05) is 6.92 Å². The lowest BCUT2D eigenvalue weighted by atomic mass is 10.3. The van der Waals surface area contributed by atoms with E-state index in [1.54, 1.807) is 0 Å². The van der Waals surface area contributed by atoms with E-state index in [0.29, 0.717) is 6.61 Å². The second kappa shape index (κ2) is 2.53. The first-order valence-electron chi connectivity index (χ1n) is 2.56. The van der Waals surface area contributed by atoms with Gasteiger partial charge in [-0.2, -0.15) is 0 Å². The Morgan fingerprint density at radius 1 is 1.75 bits per heavy atom. The van der Waals surface area contributed by atoms with E-state index >= 15 is 0 Å². The fraction of sp³-hybridized carbons (Fsp3) is 1.00. The maximum Gasteiger partial charge on any atom is 0.369 e. The maximum absolute atomic E-state index is 10.4. The van der Waals surface area contributed by atoms with Crippen molar-refractivity contribution in [1.29, 1.82) is 0 Å². The molecule has 0 spiro atoms. The summed E-state index contributed by atoms with van der Waals surface area (Å²) in [5.41, 5.74) is 0. The highest BCUT2D eigenvalue weighted by molar-refractivity contribution is 7.33. The van der Waals surface area contributed by atoms with Crippen LogP contribution in [0.2, 0.25) is 0 Å². The van der Waals surface area contributed by atoms with Crippen molar-refractivity contribution in [3.63, 3.8) is 0 Å². The van der Waals surface area contributed by atoms with Gasteiger partial charge >= 0.3 is 8.25 Å². The standard InChI is InChI=1S/C4H8O3P/c1-4-2-3-6-8(5)7-4/h4H,2-3H2,1H3. The van der Waals surface area contributed by atoms with Gasteiger partial charge in [-0.05, 0) is 13.3 Å². The first kappa shape index (κ1) is 6.14. The van der Waals surface area contributed by atoms with Crippen LogP contribution < -0.4 is 0 Å². The van der Waals surface area contributed by atoms with Crippen molar-refractivity contribution >= 4 is 8.25 Å². The van der Waals surface area contributed by atoms with Crippen LogP contribution in [0, 0.1) is 0 Å². The summed E-state index contributed by atoms with van der Waals surface area (Å²) in [6.45, 7) is 2.45. The van der Waals surface area contributed by atoms with Gasteiger partial charge in [-0.1, -0.05) is 0 Å². The zero-order valence-corrected chi connectivity index (χ0v) is 5.56. The average molecular weight is 135 g/mol. The lowest BCUT2D eigenvalue weighted by Crippen LogP contribution is -2.11. The Morgan fingerprint density at radius 3 is 2.88 bits per heavy atom. The molecule has 1 aliphatic heterocycles. The van der Waals surface area contributed by atoms with Crippen molar-refractivity contribution in [1.82, 2.24) is 0 Å². The second-order valence-corrected chi connectivity index (χ2v) is 2.68. The van der Waals surface area contributed by atoms with Gasteiger partial charge in [0.25, 0.3) is 0 Å². The molecule has 0 aromatic rings. The number of rotatable bonds is 0. The molecule has 0 amide bonds. The molecule has 1 heterocycles. The van der Waals surface area contributed by atoms with Gasteiger partial charge in [-0.3, -0.25) is 9.05 Å². The van der Waals surface area contributed by atoms with Crippen LogP contribution in [0.1, 0.15) is 13.3 Å². The third kappa shape index (κ3) is 1.51. The van der Waals surface area contributed by atoms with E-state index in [1.165, 1.54) is 0 Å². The van der Waals surface area contributed by atoms with E-state index in [9.17, 15) is 4.57 Å². The van der Waals surface area contributed by atoms with Crippen molar-refractivity contribution in [2.45, 2.75) is 19.4 Å². The largest absolute Gasteiger partial charge is 0.369 e. The fourth-order valence-corrected chi connectivity index (χ4v) is 1.24. The van der Waals surface area contributed by atoms with Crippen LogP contribution in [-0.4, -0.2) is 12.7 Å². The fourth-order valence-electron chi connectivity index (χ4n) is 0.523. The highest BCUT2D eigenvalue weighted by Gasteiger charge is 2.15. The highest BCUT2D eigenvalue weighted by atomic mass is 31.1. The molecule has 1 rings (SSSR count). The molecule has 0 aliphatic carbocycles. The predicted molar refractivity (Wildman–Crippen MR) is 28.7 cm³/mol. The Balaban J connectivity index is 2.34. The molecule has 1 radical (unpaired) electrons. The van der Waals surface area contributed by atoms with Crippen LogP contribution >= 0.6 is 8.25 Å². The van der Waals surface area contributed by atoms with Gasteiger partial charge in [-0.15, -0.1) is 0 Å². The van der Waals surface area contributed by atoms with Crippen LogP contribution in [0.15, 0.2) is 0 Å². The Kier molecular flexibility index (Phi) is 1.95. The lowest BCUT2D eigenvalue weighted by molar-refractivity contribution is 0.108.